The molecule has 5 heteroatoms. The molecule has 0 fully saturated rings. The van der Waals surface area contributed by atoms with Crippen molar-refractivity contribution in [1.29, 1.82) is 0 Å². The van der Waals surface area contributed by atoms with Crippen LogP contribution >= 0.6 is 15.9 Å². The molecule has 1 rings (SSSR count). The first-order chi connectivity index (χ1) is 6.54. The highest BCUT2D eigenvalue weighted by Gasteiger charge is 2.30. The lowest BCUT2D eigenvalue weighted by Gasteiger charge is -2.06. The number of hydrogen-bond acceptors (Lipinski definition) is 1. The number of alkyl halides is 4. The minimum atomic E-state index is -4.29. The van der Waals surface area contributed by atoms with E-state index >= 15 is 0 Å². The molecule has 78 valence electrons. The number of hydrogen-bond donors (Lipinski definition) is 0. The molecule has 1 aromatic rings. The maximum absolute atomic E-state index is 12.1. The van der Waals surface area contributed by atoms with Crippen molar-refractivity contribution >= 4 is 15.9 Å². The Morgan fingerprint density at radius 1 is 1.29 bits per heavy atom. The van der Waals surface area contributed by atoms with Gasteiger partial charge in [-0.1, -0.05) is 15.9 Å². The zero-order valence-corrected chi connectivity index (χ0v) is 8.90. The first-order valence-corrected chi connectivity index (χ1v) is 5.24. The number of pyridine rings is 1. The van der Waals surface area contributed by atoms with Gasteiger partial charge in [-0.3, -0.25) is 4.98 Å². The lowest BCUT2D eigenvalue weighted by molar-refractivity contribution is -0.137. The van der Waals surface area contributed by atoms with Gasteiger partial charge in [-0.05, 0) is 25.0 Å². The van der Waals surface area contributed by atoms with Crippen LogP contribution in [0.3, 0.4) is 0 Å². The molecule has 0 aliphatic carbocycles. The molecule has 0 aliphatic heterocycles. The van der Waals surface area contributed by atoms with Crippen molar-refractivity contribution in [3.63, 3.8) is 0 Å². The van der Waals surface area contributed by atoms with E-state index in [-0.39, 0.29) is 0 Å². The second kappa shape index (κ2) is 4.77. The Kier molecular flexibility index (Phi) is 3.92. The minimum absolute atomic E-state index is 0.692. The van der Waals surface area contributed by atoms with Gasteiger partial charge in [-0.25, -0.2) is 0 Å². The fraction of sp³-hybridized carbons (Fsp3) is 0.444. The molecule has 0 N–H and O–H groups in total. The van der Waals surface area contributed by atoms with Crippen molar-refractivity contribution in [3.05, 3.63) is 29.6 Å². The average molecular weight is 268 g/mol. The third-order valence-corrected chi connectivity index (χ3v) is 2.28. The van der Waals surface area contributed by atoms with E-state index in [9.17, 15) is 13.2 Å². The average Bonchev–Trinajstić information content (AvgIpc) is 2.14. The molecular formula is C9H9BrF3N. The summed E-state index contributed by atoms with van der Waals surface area (Å²) >= 11 is 3.25. The molecule has 0 amide bonds. The van der Waals surface area contributed by atoms with Crippen LogP contribution in [0.15, 0.2) is 18.3 Å². The molecular weight excluding hydrogens is 259 g/mol. The topological polar surface area (TPSA) is 12.9 Å². The highest BCUT2D eigenvalue weighted by atomic mass is 79.9. The third kappa shape index (κ3) is 3.29. The maximum atomic E-state index is 12.1. The van der Waals surface area contributed by atoms with E-state index in [1.807, 2.05) is 0 Å². The largest absolute Gasteiger partial charge is 0.417 e. The molecule has 1 nitrogen and oxygen atoms in total. The summed E-state index contributed by atoms with van der Waals surface area (Å²) in [6.45, 7) is 0. The first-order valence-electron chi connectivity index (χ1n) is 4.12. The van der Waals surface area contributed by atoms with Gasteiger partial charge in [0.2, 0.25) is 0 Å². The van der Waals surface area contributed by atoms with Crippen LogP contribution in [-0.2, 0) is 12.6 Å². The van der Waals surface area contributed by atoms with E-state index in [0.717, 1.165) is 24.0 Å². The van der Waals surface area contributed by atoms with Crippen molar-refractivity contribution < 1.29 is 13.2 Å². The second-order valence-corrected chi connectivity index (χ2v) is 3.62. The SMILES string of the molecule is FC(F)(F)c1ccc(CCCBr)nc1. The fourth-order valence-corrected chi connectivity index (χ4v) is 1.27. The standard InChI is InChI=1S/C9H9BrF3N/c10-5-1-2-8-4-3-7(6-14-8)9(11,12)13/h3-4,6H,1-2,5H2. The summed E-state index contributed by atoms with van der Waals surface area (Å²) in [5.41, 5.74) is -0.00228. The summed E-state index contributed by atoms with van der Waals surface area (Å²) in [7, 11) is 0. The van der Waals surface area contributed by atoms with Crippen LogP contribution in [0.25, 0.3) is 0 Å². The zero-order chi connectivity index (χ0) is 10.6. The zero-order valence-electron chi connectivity index (χ0n) is 7.31. The molecule has 0 aromatic carbocycles. The Morgan fingerprint density at radius 3 is 2.43 bits per heavy atom. The van der Waals surface area contributed by atoms with Crippen LogP contribution in [0.5, 0.6) is 0 Å². The van der Waals surface area contributed by atoms with Crippen molar-refractivity contribution in [2.45, 2.75) is 19.0 Å². The van der Waals surface area contributed by atoms with Crippen molar-refractivity contribution in [3.8, 4) is 0 Å². The van der Waals surface area contributed by atoms with E-state index in [4.69, 9.17) is 0 Å². The summed E-state index contributed by atoms with van der Waals surface area (Å²) in [5, 5.41) is 0.829. The van der Waals surface area contributed by atoms with Crippen molar-refractivity contribution in [1.82, 2.24) is 4.98 Å². The quantitative estimate of drug-likeness (QED) is 0.765. The van der Waals surface area contributed by atoms with Crippen LogP contribution in [0.4, 0.5) is 13.2 Å². The lowest BCUT2D eigenvalue weighted by Crippen LogP contribution is -2.05. The normalized spacial score (nSPS) is 11.7. The van der Waals surface area contributed by atoms with Crippen LogP contribution in [0.1, 0.15) is 17.7 Å². The lowest BCUT2D eigenvalue weighted by atomic mass is 10.2. The second-order valence-electron chi connectivity index (χ2n) is 2.83. The number of aryl methyl sites for hydroxylation is 1. The number of nitrogens with zero attached hydrogens (tertiary/aromatic N) is 1. The predicted octanol–water partition coefficient (Wildman–Crippen LogP) is 3.43. The summed E-state index contributed by atoms with van der Waals surface area (Å²) in [6, 6.07) is 2.49. The van der Waals surface area contributed by atoms with Gasteiger partial charge < -0.3 is 0 Å². The molecule has 1 aromatic heterocycles. The predicted molar refractivity (Wildman–Crippen MR) is 51.4 cm³/mol. The Balaban J connectivity index is 2.69. The molecule has 0 radical (unpaired) electrons. The van der Waals surface area contributed by atoms with Gasteiger partial charge in [0.25, 0.3) is 0 Å². The number of aromatic nitrogens is 1. The number of halogens is 4. The van der Waals surface area contributed by atoms with E-state index in [1.54, 1.807) is 0 Å². The van der Waals surface area contributed by atoms with Gasteiger partial charge in [0.15, 0.2) is 0 Å². The van der Waals surface area contributed by atoms with Gasteiger partial charge in [0.1, 0.15) is 0 Å². The maximum Gasteiger partial charge on any atom is 0.417 e. The van der Waals surface area contributed by atoms with Crippen molar-refractivity contribution in [2.75, 3.05) is 5.33 Å². The fourth-order valence-electron chi connectivity index (χ4n) is 0.988. The van der Waals surface area contributed by atoms with Gasteiger partial charge in [0.05, 0.1) is 5.56 Å². The molecule has 0 aliphatic rings. The van der Waals surface area contributed by atoms with E-state index in [2.05, 4.69) is 20.9 Å². The molecule has 0 saturated heterocycles. The summed E-state index contributed by atoms with van der Waals surface area (Å²) in [4.78, 5) is 3.74. The van der Waals surface area contributed by atoms with Gasteiger partial charge in [0, 0.05) is 17.2 Å². The van der Waals surface area contributed by atoms with Crippen LogP contribution in [-0.4, -0.2) is 10.3 Å². The first kappa shape index (κ1) is 11.5. The van der Waals surface area contributed by atoms with Gasteiger partial charge in [-0.2, -0.15) is 13.2 Å². The van der Waals surface area contributed by atoms with Crippen LogP contribution < -0.4 is 0 Å². The van der Waals surface area contributed by atoms with E-state index in [0.29, 0.717) is 12.1 Å². The molecule has 0 spiro atoms. The Bertz CT molecular complexity index is 281. The molecule has 0 saturated carbocycles. The van der Waals surface area contributed by atoms with E-state index < -0.39 is 11.7 Å². The van der Waals surface area contributed by atoms with Gasteiger partial charge in [-0.15, -0.1) is 0 Å². The molecule has 0 unspecified atom stereocenters. The summed E-state index contributed by atoms with van der Waals surface area (Å²) in [6.07, 6.45) is -1.84. The molecule has 1 heterocycles. The van der Waals surface area contributed by atoms with Gasteiger partial charge >= 0.3 is 6.18 Å². The smallest absolute Gasteiger partial charge is 0.261 e. The summed E-state index contributed by atoms with van der Waals surface area (Å²) in [5.74, 6) is 0. The van der Waals surface area contributed by atoms with Crippen molar-refractivity contribution in [2.24, 2.45) is 0 Å². The monoisotopic (exact) mass is 267 g/mol. The third-order valence-electron chi connectivity index (χ3n) is 1.72. The highest BCUT2D eigenvalue weighted by Crippen LogP contribution is 2.28. The molecule has 14 heavy (non-hydrogen) atoms. The molecule has 0 bridgehead atoms. The Labute approximate surface area is 88.5 Å². The number of rotatable bonds is 3. The Hall–Kier alpha value is -0.580. The Morgan fingerprint density at radius 2 is 2.00 bits per heavy atom. The summed E-state index contributed by atoms with van der Waals surface area (Å²) < 4.78 is 36.4. The van der Waals surface area contributed by atoms with E-state index in [1.165, 1.54) is 6.07 Å². The highest BCUT2D eigenvalue weighted by molar-refractivity contribution is 9.09. The molecule has 0 atom stereocenters. The van der Waals surface area contributed by atoms with Crippen LogP contribution in [0.2, 0.25) is 0 Å². The minimum Gasteiger partial charge on any atom is -0.261 e. The van der Waals surface area contributed by atoms with Crippen LogP contribution in [0, 0.1) is 0 Å².